The van der Waals surface area contributed by atoms with Crippen molar-refractivity contribution in [3.63, 3.8) is 0 Å². The second-order valence-corrected chi connectivity index (χ2v) is 5.75. The van der Waals surface area contributed by atoms with E-state index in [2.05, 4.69) is 60.7 Å². The quantitative estimate of drug-likeness (QED) is 0.547. The van der Waals surface area contributed by atoms with E-state index in [-0.39, 0.29) is 0 Å². The van der Waals surface area contributed by atoms with Gasteiger partial charge in [-0.3, -0.25) is 0 Å². The SMILES string of the molecule is c1cc2c3cccc(c3c1)CCc1ccc(cc1)CC2. The van der Waals surface area contributed by atoms with E-state index in [1.165, 1.54) is 33.0 Å². The van der Waals surface area contributed by atoms with E-state index in [0.717, 1.165) is 25.7 Å². The molecule has 5 rings (SSSR count). The van der Waals surface area contributed by atoms with Gasteiger partial charge in [0.15, 0.2) is 0 Å². The maximum atomic E-state index is 2.30. The molecule has 0 saturated heterocycles. The van der Waals surface area contributed by atoms with Crippen molar-refractivity contribution in [2.75, 3.05) is 0 Å². The minimum atomic E-state index is 1.13. The molecule has 0 saturated carbocycles. The summed E-state index contributed by atoms with van der Waals surface area (Å²) in [7, 11) is 0. The Bertz CT molecular complexity index is 684. The summed E-state index contributed by atoms with van der Waals surface area (Å²) in [6.45, 7) is 0. The lowest BCUT2D eigenvalue weighted by Gasteiger charge is -2.13. The Labute approximate surface area is 120 Å². The minimum absolute atomic E-state index is 1.13. The summed E-state index contributed by atoms with van der Waals surface area (Å²) in [5, 5.41) is 2.89. The number of hydrogen-bond donors (Lipinski definition) is 0. The topological polar surface area (TPSA) is 0 Å². The standard InChI is InChI=1S/C20H18/c1-3-17-13-11-15-7-9-16(10-8-15)12-14-18-4-2-6-20(17)19(18)5-1/h1-10H,11-14H2. The molecule has 0 unspecified atom stereocenters. The van der Waals surface area contributed by atoms with Crippen LogP contribution in [-0.2, 0) is 25.7 Å². The van der Waals surface area contributed by atoms with Crippen molar-refractivity contribution >= 4 is 10.8 Å². The molecule has 0 aromatic heterocycles. The molecule has 0 amide bonds. The van der Waals surface area contributed by atoms with Crippen molar-refractivity contribution in [3.05, 3.63) is 82.9 Å². The van der Waals surface area contributed by atoms with Gasteiger partial charge in [0.2, 0.25) is 0 Å². The normalized spacial score (nSPS) is 14.2. The zero-order chi connectivity index (χ0) is 13.4. The lowest BCUT2D eigenvalue weighted by Crippen LogP contribution is -1.98. The fourth-order valence-electron chi connectivity index (χ4n) is 3.31. The van der Waals surface area contributed by atoms with Crippen molar-refractivity contribution in [2.24, 2.45) is 0 Å². The van der Waals surface area contributed by atoms with Crippen molar-refractivity contribution in [1.82, 2.24) is 0 Å². The maximum absolute atomic E-state index is 2.30. The molecule has 0 heterocycles. The lowest BCUT2D eigenvalue weighted by atomic mass is 9.92. The summed E-state index contributed by atoms with van der Waals surface area (Å²) in [4.78, 5) is 0. The Kier molecular flexibility index (Phi) is 2.81. The number of benzene rings is 3. The molecule has 2 aliphatic carbocycles. The molecule has 0 heteroatoms. The minimum Gasteiger partial charge on any atom is -0.0613 e. The predicted octanol–water partition coefficient (Wildman–Crippen LogP) is 4.72. The average Bonchev–Trinajstić information content (AvgIpc) is 2.51. The van der Waals surface area contributed by atoms with Gasteiger partial charge in [-0.05, 0) is 58.7 Å². The van der Waals surface area contributed by atoms with Gasteiger partial charge in [0.25, 0.3) is 0 Å². The fourth-order valence-corrected chi connectivity index (χ4v) is 3.31. The summed E-state index contributed by atoms with van der Waals surface area (Å²) < 4.78 is 0. The molecular weight excluding hydrogens is 240 g/mol. The third kappa shape index (κ3) is 2.02. The monoisotopic (exact) mass is 258 g/mol. The van der Waals surface area contributed by atoms with E-state index in [1.54, 1.807) is 0 Å². The molecule has 0 spiro atoms. The van der Waals surface area contributed by atoms with Crippen molar-refractivity contribution in [1.29, 1.82) is 0 Å². The van der Waals surface area contributed by atoms with Gasteiger partial charge in [-0.15, -0.1) is 0 Å². The third-order valence-electron chi connectivity index (χ3n) is 4.49. The van der Waals surface area contributed by atoms with Gasteiger partial charge in [0.05, 0.1) is 0 Å². The van der Waals surface area contributed by atoms with Gasteiger partial charge in [-0.25, -0.2) is 0 Å². The first kappa shape index (κ1) is 11.7. The number of fused-ring (bicyclic) bond motifs is 4. The Morgan fingerprint density at radius 1 is 0.450 bits per heavy atom. The van der Waals surface area contributed by atoms with Crippen LogP contribution in [0.5, 0.6) is 0 Å². The van der Waals surface area contributed by atoms with Crippen LogP contribution in [0, 0.1) is 0 Å². The predicted molar refractivity (Wildman–Crippen MR) is 85.2 cm³/mol. The third-order valence-corrected chi connectivity index (χ3v) is 4.49. The molecule has 0 N–H and O–H groups in total. The van der Waals surface area contributed by atoms with Crippen LogP contribution in [-0.4, -0.2) is 0 Å². The van der Waals surface area contributed by atoms with Gasteiger partial charge in [0.1, 0.15) is 0 Å². The number of rotatable bonds is 0. The largest absolute Gasteiger partial charge is 0.0613 e. The Morgan fingerprint density at radius 3 is 1.35 bits per heavy atom. The van der Waals surface area contributed by atoms with Gasteiger partial charge in [0, 0.05) is 0 Å². The first-order chi connectivity index (χ1) is 9.90. The van der Waals surface area contributed by atoms with Crippen LogP contribution in [0.1, 0.15) is 22.3 Å². The lowest BCUT2D eigenvalue weighted by molar-refractivity contribution is 0.941. The highest BCUT2D eigenvalue weighted by atomic mass is 14.1. The van der Waals surface area contributed by atoms with E-state index >= 15 is 0 Å². The van der Waals surface area contributed by atoms with Crippen molar-refractivity contribution in [3.8, 4) is 0 Å². The van der Waals surface area contributed by atoms with Crippen LogP contribution in [0.2, 0.25) is 0 Å². The molecule has 0 atom stereocenters. The first-order valence-corrected chi connectivity index (χ1v) is 7.47. The summed E-state index contributed by atoms with van der Waals surface area (Å²) in [6.07, 6.45) is 4.51. The second kappa shape index (κ2) is 4.79. The molecule has 6 bridgehead atoms. The smallest absolute Gasteiger partial charge is 0.0149 e. The zero-order valence-corrected chi connectivity index (χ0v) is 11.6. The van der Waals surface area contributed by atoms with Crippen LogP contribution in [0.25, 0.3) is 10.8 Å². The van der Waals surface area contributed by atoms with Gasteiger partial charge in [-0.2, -0.15) is 0 Å². The van der Waals surface area contributed by atoms with Crippen molar-refractivity contribution in [2.45, 2.75) is 25.7 Å². The van der Waals surface area contributed by atoms with E-state index in [4.69, 9.17) is 0 Å². The molecule has 98 valence electrons. The number of hydrogen-bond acceptors (Lipinski definition) is 0. The Hall–Kier alpha value is -2.08. The van der Waals surface area contributed by atoms with Crippen LogP contribution >= 0.6 is 0 Å². The number of aryl methyl sites for hydroxylation is 4. The zero-order valence-electron chi connectivity index (χ0n) is 11.6. The highest BCUT2D eigenvalue weighted by Crippen LogP contribution is 2.25. The van der Waals surface area contributed by atoms with Crippen LogP contribution < -0.4 is 0 Å². The van der Waals surface area contributed by atoms with Crippen LogP contribution in [0.3, 0.4) is 0 Å². The van der Waals surface area contributed by atoms with Crippen LogP contribution in [0.4, 0.5) is 0 Å². The van der Waals surface area contributed by atoms with Gasteiger partial charge >= 0.3 is 0 Å². The molecule has 2 aliphatic rings. The van der Waals surface area contributed by atoms with Gasteiger partial charge < -0.3 is 0 Å². The summed E-state index contributed by atoms with van der Waals surface area (Å²) in [5.74, 6) is 0. The first-order valence-electron chi connectivity index (χ1n) is 7.47. The summed E-state index contributed by atoms with van der Waals surface area (Å²) in [5.41, 5.74) is 5.85. The molecular formula is C20H18. The Balaban J connectivity index is 1.91. The molecule has 3 aromatic rings. The molecule has 0 radical (unpaired) electrons. The van der Waals surface area contributed by atoms with E-state index < -0.39 is 0 Å². The highest BCUT2D eigenvalue weighted by Gasteiger charge is 2.07. The molecule has 20 heavy (non-hydrogen) atoms. The molecule has 0 fully saturated rings. The fraction of sp³-hybridized carbons (Fsp3) is 0.200. The maximum Gasteiger partial charge on any atom is -0.0149 e. The summed E-state index contributed by atoms with van der Waals surface area (Å²) in [6, 6.07) is 22.7. The molecule has 0 nitrogen and oxygen atoms in total. The summed E-state index contributed by atoms with van der Waals surface area (Å²) >= 11 is 0. The second-order valence-electron chi connectivity index (χ2n) is 5.75. The van der Waals surface area contributed by atoms with Crippen molar-refractivity contribution < 1.29 is 0 Å². The van der Waals surface area contributed by atoms with Crippen LogP contribution in [0.15, 0.2) is 60.7 Å². The average molecular weight is 258 g/mol. The molecule has 0 aliphatic heterocycles. The highest BCUT2D eigenvalue weighted by molar-refractivity contribution is 5.88. The molecule has 3 aromatic carbocycles. The Morgan fingerprint density at radius 2 is 0.900 bits per heavy atom. The van der Waals surface area contributed by atoms with E-state index in [1.807, 2.05) is 0 Å². The van der Waals surface area contributed by atoms with Gasteiger partial charge in [-0.1, -0.05) is 60.7 Å². The van der Waals surface area contributed by atoms with E-state index in [0.29, 0.717) is 0 Å². The van der Waals surface area contributed by atoms with E-state index in [9.17, 15) is 0 Å².